The summed E-state index contributed by atoms with van der Waals surface area (Å²) in [5.74, 6) is 6.51. The van der Waals surface area contributed by atoms with Crippen LogP contribution in [-0.4, -0.2) is 13.2 Å². The maximum atomic E-state index is 5.39. The molecular formula is C20H17IO2. The highest BCUT2D eigenvalue weighted by molar-refractivity contribution is 14.1. The Morgan fingerprint density at radius 1 is 0.826 bits per heavy atom. The lowest BCUT2D eigenvalue weighted by Crippen LogP contribution is -1.98. The van der Waals surface area contributed by atoms with Gasteiger partial charge in [0.15, 0.2) is 0 Å². The van der Waals surface area contributed by atoms with Crippen molar-refractivity contribution in [3.8, 4) is 36.2 Å². The number of hydrogen-bond donors (Lipinski definition) is 0. The van der Waals surface area contributed by atoms with Gasteiger partial charge in [-0.2, -0.15) is 0 Å². The van der Waals surface area contributed by atoms with E-state index < -0.39 is 0 Å². The molecule has 0 N–H and O–H groups in total. The highest BCUT2D eigenvalue weighted by atomic mass is 127. The summed E-state index contributed by atoms with van der Waals surface area (Å²) in [6, 6.07) is 16.1. The summed E-state index contributed by atoms with van der Waals surface area (Å²) < 4.78 is 11.1. The van der Waals surface area contributed by atoms with Gasteiger partial charge in [0.05, 0.1) is 0 Å². The largest absolute Gasteiger partial charge is 0.481 e. The third-order valence-electron chi connectivity index (χ3n) is 3.22. The Morgan fingerprint density at radius 2 is 1.30 bits per heavy atom. The molecule has 2 nitrogen and oxygen atoms in total. The molecule has 0 bridgehead atoms. The normalized spacial score (nSPS) is 11.1. The lowest BCUT2D eigenvalue weighted by molar-refractivity contribution is 0.370. The molecule has 116 valence electrons. The fourth-order valence-corrected chi connectivity index (χ4v) is 2.99. The summed E-state index contributed by atoms with van der Waals surface area (Å²) >= 11 is 2.45. The molecule has 1 unspecified atom stereocenters. The van der Waals surface area contributed by atoms with Crippen LogP contribution in [0.2, 0.25) is 0 Å². The maximum absolute atomic E-state index is 5.39. The maximum Gasteiger partial charge on any atom is 0.148 e. The van der Waals surface area contributed by atoms with Crippen LogP contribution in [0, 0.1) is 24.7 Å². The topological polar surface area (TPSA) is 18.5 Å². The zero-order valence-corrected chi connectivity index (χ0v) is 14.8. The molecule has 0 aliphatic carbocycles. The average Bonchev–Trinajstić information content (AvgIpc) is 2.59. The fraction of sp³-hybridized carbons (Fsp3) is 0.200. The smallest absolute Gasteiger partial charge is 0.148 e. The molecule has 2 rings (SSSR count). The minimum absolute atomic E-state index is 0.293. The monoisotopic (exact) mass is 416 g/mol. The molecule has 0 spiro atoms. The predicted molar refractivity (Wildman–Crippen MR) is 102 cm³/mol. The van der Waals surface area contributed by atoms with Crippen molar-refractivity contribution in [2.45, 2.75) is 10.3 Å². The van der Waals surface area contributed by atoms with Crippen molar-refractivity contribution in [3.05, 3.63) is 59.7 Å². The highest BCUT2D eigenvalue weighted by Gasteiger charge is 2.09. The summed E-state index contributed by atoms with van der Waals surface area (Å²) in [4.78, 5) is 0. The van der Waals surface area contributed by atoms with E-state index in [1.165, 1.54) is 11.1 Å². The average molecular weight is 416 g/mol. The first kappa shape index (κ1) is 17.2. The number of alkyl halides is 1. The number of hydrogen-bond acceptors (Lipinski definition) is 2. The van der Waals surface area contributed by atoms with E-state index in [4.69, 9.17) is 22.3 Å². The van der Waals surface area contributed by atoms with Gasteiger partial charge in [-0.3, -0.25) is 0 Å². The first-order valence-electron chi connectivity index (χ1n) is 7.18. The first-order valence-corrected chi connectivity index (χ1v) is 8.43. The standard InChI is InChI=1S/C20H17IO2/c1-3-13-22-18-9-5-16(6-10-18)15-20(21)17-7-11-19(12-8-17)23-14-4-2/h1-2,5-12,20H,13-15H2. The molecule has 3 heteroatoms. The molecule has 0 saturated heterocycles. The van der Waals surface area contributed by atoms with Gasteiger partial charge >= 0.3 is 0 Å². The Labute approximate surface area is 151 Å². The summed E-state index contributed by atoms with van der Waals surface area (Å²) in [6.07, 6.45) is 11.3. The van der Waals surface area contributed by atoms with Crippen LogP contribution < -0.4 is 9.47 Å². The number of benzene rings is 2. The van der Waals surface area contributed by atoms with Crippen LogP contribution in [0.15, 0.2) is 48.5 Å². The summed E-state index contributed by atoms with van der Waals surface area (Å²) in [6.45, 7) is 0.587. The molecule has 0 amide bonds. The van der Waals surface area contributed by atoms with Gasteiger partial charge < -0.3 is 9.47 Å². The van der Waals surface area contributed by atoms with Crippen LogP contribution in [0.25, 0.3) is 0 Å². The van der Waals surface area contributed by atoms with E-state index in [0.29, 0.717) is 17.1 Å². The summed E-state index contributed by atoms with van der Waals surface area (Å²) in [5.41, 5.74) is 2.51. The number of rotatable bonds is 7. The number of halogens is 1. The van der Waals surface area contributed by atoms with E-state index >= 15 is 0 Å². The zero-order valence-electron chi connectivity index (χ0n) is 12.7. The third-order valence-corrected chi connectivity index (χ3v) is 4.38. The van der Waals surface area contributed by atoms with Gasteiger partial charge in [0.2, 0.25) is 0 Å². The fourth-order valence-electron chi connectivity index (χ4n) is 2.07. The quantitative estimate of drug-likeness (QED) is 0.378. The lowest BCUT2D eigenvalue weighted by atomic mass is 10.0. The van der Waals surface area contributed by atoms with Crippen LogP contribution >= 0.6 is 22.6 Å². The van der Waals surface area contributed by atoms with Crippen LogP contribution in [0.4, 0.5) is 0 Å². The second-order valence-corrected chi connectivity index (χ2v) is 6.37. The van der Waals surface area contributed by atoms with Gasteiger partial charge in [0.1, 0.15) is 24.7 Å². The van der Waals surface area contributed by atoms with Gasteiger partial charge in [-0.1, -0.05) is 58.7 Å². The van der Waals surface area contributed by atoms with Crippen molar-refractivity contribution in [1.29, 1.82) is 0 Å². The second-order valence-electron chi connectivity index (χ2n) is 4.87. The van der Waals surface area contributed by atoms with Crippen LogP contribution in [0.5, 0.6) is 11.5 Å². The minimum atomic E-state index is 0.293. The Hall–Kier alpha value is -2.11. The van der Waals surface area contributed by atoms with Crippen molar-refractivity contribution < 1.29 is 9.47 Å². The second kappa shape index (κ2) is 9.12. The van der Waals surface area contributed by atoms with Gasteiger partial charge in [-0.15, -0.1) is 12.8 Å². The third kappa shape index (κ3) is 5.54. The minimum Gasteiger partial charge on any atom is -0.481 e. The Kier molecular flexibility index (Phi) is 6.84. The summed E-state index contributed by atoms with van der Waals surface area (Å²) in [7, 11) is 0. The molecule has 2 aromatic rings. The summed E-state index contributed by atoms with van der Waals surface area (Å²) in [5, 5.41) is 0. The molecule has 0 radical (unpaired) electrons. The van der Waals surface area contributed by atoms with Crippen molar-refractivity contribution >= 4 is 22.6 Å². The zero-order chi connectivity index (χ0) is 16.5. The van der Waals surface area contributed by atoms with Gasteiger partial charge in [-0.25, -0.2) is 0 Å². The van der Waals surface area contributed by atoms with E-state index in [1.807, 2.05) is 24.3 Å². The lowest BCUT2D eigenvalue weighted by Gasteiger charge is -2.12. The van der Waals surface area contributed by atoms with Crippen molar-refractivity contribution in [2.24, 2.45) is 0 Å². The van der Waals surface area contributed by atoms with Gasteiger partial charge in [0, 0.05) is 3.92 Å². The Morgan fingerprint density at radius 3 is 1.78 bits per heavy atom. The molecule has 0 aliphatic heterocycles. The van der Waals surface area contributed by atoms with Crippen LogP contribution in [0.1, 0.15) is 15.1 Å². The van der Waals surface area contributed by atoms with Gasteiger partial charge in [-0.05, 0) is 41.8 Å². The van der Waals surface area contributed by atoms with E-state index in [-0.39, 0.29) is 0 Å². The SMILES string of the molecule is C#CCOc1ccc(CC(I)c2ccc(OCC#C)cc2)cc1. The first-order chi connectivity index (χ1) is 11.2. The van der Waals surface area contributed by atoms with Crippen molar-refractivity contribution in [3.63, 3.8) is 0 Å². The molecule has 2 aromatic carbocycles. The van der Waals surface area contributed by atoms with E-state index in [1.54, 1.807) is 0 Å². The molecular weight excluding hydrogens is 399 g/mol. The molecule has 0 heterocycles. The van der Waals surface area contributed by atoms with E-state index in [9.17, 15) is 0 Å². The molecule has 0 saturated carbocycles. The highest BCUT2D eigenvalue weighted by Crippen LogP contribution is 2.29. The van der Waals surface area contributed by atoms with Crippen LogP contribution in [0.3, 0.4) is 0 Å². The molecule has 0 aliphatic rings. The molecule has 1 atom stereocenters. The predicted octanol–water partition coefficient (Wildman–Crippen LogP) is 4.43. The molecule has 0 aromatic heterocycles. The van der Waals surface area contributed by atoms with Crippen molar-refractivity contribution in [2.75, 3.05) is 13.2 Å². The molecule has 0 fully saturated rings. The number of ether oxygens (including phenoxy) is 2. The van der Waals surface area contributed by atoms with E-state index in [2.05, 4.69) is 58.7 Å². The van der Waals surface area contributed by atoms with Crippen molar-refractivity contribution in [1.82, 2.24) is 0 Å². The number of terminal acetylenes is 2. The van der Waals surface area contributed by atoms with E-state index in [0.717, 1.165) is 17.9 Å². The van der Waals surface area contributed by atoms with Crippen LogP contribution in [-0.2, 0) is 6.42 Å². The van der Waals surface area contributed by atoms with Gasteiger partial charge in [0.25, 0.3) is 0 Å². The molecule has 23 heavy (non-hydrogen) atoms. The Bertz CT molecular complexity index is 690. The Balaban J connectivity index is 1.94.